The number of nitrogens with two attached hydrogens (primary N) is 1. The molecule has 0 fully saturated rings. The number of hydrogen-bond acceptors (Lipinski definition) is 5. The fourth-order valence-corrected chi connectivity index (χ4v) is 1.69. The van der Waals surface area contributed by atoms with Gasteiger partial charge in [-0.25, -0.2) is 4.98 Å². The lowest BCUT2D eigenvalue weighted by Gasteiger charge is -2.20. The van der Waals surface area contributed by atoms with E-state index in [1.165, 1.54) is 6.07 Å². The molecule has 1 aromatic heterocycles. The van der Waals surface area contributed by atoms with E-state index in [0.717, 1.165) is 0 Å². The maximum absolute atomic E-state index is 10.9. The molecule has 0 spiro atoms. The average molecular weight is 289 g/mol. The minimum absolute atomic E-state index is 0.00956. The van der Waals surface area contributed by atoms with Crippen LogP contribution in [0.15, 0.2) is 16.7 Å². The van der Waals surface area contributed by atoms with Crippen molar-refractivity contribution in [1.29, 1.82) is 0 Å². The summed E-state index contributed by atoms with van der Waals surface area (Å²) in [5.74, 6) is 0.362. The SMILES string of the molecule is CCN(CCN)c1ncc(Br)cc1[N+](=O)[O-]. The van der Waals surface area contributed by atoms with Gasteiger partial charge < -0.3 is 10.6 Å². The normalized spacial score (nSPS) is 10.2. The molecule has 0 aliphatic carbocycles. The molecular formula is C9H13BrN4O2. The van der Waals surface area contributed by atoms with Gasteiger partial charge in [-0.2, -0.15) is 0 Å². The summed E-state index contributed by atoms with van der Waals surface area (Å²) in [6.07, 6.45) is 1.54. The Morgan fingerprint density at radius 3 is 2.88 bits per heavy atom. The zero-order chi connectivity index (χ0) is 12.1. The molecular weight excluding hydrogens is 276 g/mol. The number of nitro groups is 1. The molecule has 0 aromatic carbocycles. The Kier molecular flexibility index (Phi) is 4.63. The first-order valence-corrected chi connectivity index (χ1v) is 5.64. The number of hydrogen-bond donors (Lipinski definition) is 1. The van der Waals surface area contributed by atoms with Crippen molar-refractivity contribution in [3.05, 3.63) is 26.9 Å². The standard InChI is InChI=1S/C9H13BrN4O2/c1-2-13(4-3-11)9-8(14(15)16)5-7(10)6-12-9/h5-6H,2-4,11H2,1H3. The van der Waals surface area contributed by atoms with Crippen LogP contribution >= 0.6 is 15.9 Å². The van der Waals surface area contributed by atoms with Crippen LogP contribution in [0.5, 0.6) is 0 Å². The van der Waals surface area contributed by atoms with Crippen LogP contribution in [0.3, 0.4) is 0 Å². The van der Waals surface area contributed by atoms with Gasteiger partial charge in [0.15, 0.2) is 0 Å². The number of nitrogens with zero attached hydrogens (tertiary/aromatic N) is 3. The molecule has 6 nitrogen and oxygen atoms in total. The maximum atomic E-state index is 10.9. The van der Waals surface area contributed by atoms with Crippen LogP contribution in [0.25, 0.3) is 0 Å². The first kappa shape index (κ1) is 12.9. The Labute approximate surface area is 102 Å². The lowest BCUT2D eigenvalue weighted by Crippen LogP contribution is -2.30. The van der Waals surface area contributed by atoms with Crippen molar-refractivity contribution in [2.24, 2.45) is 5.73 Å². The number of rotatable bonds is 5. The summed E-state index contributed by atoms with van der Waals surface area (Å²) in [5, 5.41) is 10.9. The van der Waals surface area contributed by atoms with Gasteiger partial charge in [0.2, 0.25) is 5.82 Å². The molecule has 0 aliphatic heterocycles. The van der Waals surface area contributed by atoms with E-state index in [2.05, 4.69) is 20.9 Å². The number of halogens is 1. The molecule has 1 heterocycles. The molecule has 0 unspecified atom stereocenters. The van der Waals surface area contributed by atoms with Crippen molar-refractivity contribution in [3.8, 4) is 0 Å². The number of aromatic nitrogens is 1. The zero-order valence-electron chi connectivity index (χ0n) is 8.89. The number of pyridine rings is 1. The highest BCUT2D eigenvalue weighted by Gasteiger charge is 2.20. The summed E-state index contributed by atoms with van der Waals surface area (Å²) in [6.45, 7) is 3.52. The molecule has 1 aromatic rings. The fourth-order valence-electron chi connectivity index (χ4n) is 1.37. The highest BCUT2D eigenvalue weighted by Crippen LogP contribution is 2.28. The monoisotopic (exact) mass is 288 g/mol. The van der Waals surface area contributed by atoms with Crippen LogP contribution in [0.4, 0.5) is 11.5 Å². The first-order chi connectivity index (χ1) is 7.60. The summed E-state index contributed by atoms with van der Waals surface area (Å²) >= 11 is 3.16. The van der Waals surface area contributed by atoms with Crippen molar-refractivity contribution in [3.63, 3.8) is 0 Å². The van der Waals surface area contributed by atoms with Gasteiger partial charge in [-0.15, -0.1) is 0 Å². The summed E-state index contributed by atoms with van der Waals surface area (Å²) in [4.78, 5) is 16.3. The van der Waals surface area contributed by atoms with Crippen LogP contribution in [0.1, 0.15) is 6.92 Å². The van der Waals surface area contributed by atoms with Crippen LogP contribution in [0.2, 0.25) is 0 Å². The first-order valence-electron chi connectivity index (χ1n) is 4.85. The van der Waals surface area contributed by atoms with Crippen molar-refractivity contribution < 1.29 is 4.92 Å². The number of anilines is 1. The van der Waals surface area contributed by atoms with E-state index >= 15 is 0 Å². The third kappa shape index (κ3) is 2.89. The fraction of sp³-hybridized carbons (Fsp3) is 0.444. The second-order valence-electron chi connectivity index (χ2n) is 3.12. The third-order valence-electron chi connectivity index (χ3n) is 2.09. The van der Waals surface area contributed by atoms with Gasteiger partial charge in [0.25, 0.3) is 0 Å². The molecule has 16 heavy (non-hydrogen) atoms. The topological polar surface area (TPSA) is 85.3 Å². The average Bonchev–Trinajstić information content (AvgIpc) is 2.26. The summed E-state index contributed by atoms with van der Waals surface area (Å²) in [6, 6.07) is 1.45. The second-order valence-corrected chi connectivity index (χ2v) is 4.04. The van der Waals surface area contributed by atoms with Crippen LogP contribution in [0, 0.1) is 10.1 Å². The quantitative estimate of drug-likeness (QED) is 0.656. The zero-order valence-corrected chi connectivity index (χ0v) is 10.5. The molecule has 0 amide bonds. The van der Waals surface area contributed by atoms with Crippen molar-refractivity contribution >= 4 is 27.4 Å². The molecule has 0 saturated heterocycles. The van der Waals surface area contributed by atoms with E-state index in [0.29, 0.717) is 29.9 Å². The van der Waals surface area contributed by atoms with Gasteiger partial charge in [-0.05, 0) is 22.9 Å². The van der Waals surface area contributed by atoms with Gasteiger partial charge in [0.05, 0.1) is 4.92 Å². The highest BCUT2D eigenvalue weighted by molar-refractivity contribution is 9.10. The van der Waals surface area contributed by atoms with Crippen molar-refractivity contribution in [1.82, 2.24) is 4.98 Å². The Morgan fingerprint density at radius 2 is 2.38 bits per heavy atom. The molecule has 0 saturated carbocycles. The van der Waals surface area contributed by atoms with Gasteiger partial charge in [0, 0.05) is 36.4 Å². The van der Waals surface area contributed by atoms with Gasteiger partial charge >= 0.3 is 5.69 Å². The Hall–Kier alpha value is -1.21. The van der Waals surface area contributed by atoms with Crippen LogP contribution in [-0.4, -0.2) is 29.5 Å². The summed E-state index contributed by atoms with van der Waals surface area (Å²) < 4.78 is 0.590. The Morgan fingerprint density at radius 1 is 1.69 bits per heavy atom. The Balaban J connectivity index is 3.14. The van der Waals surface area contributed by atoms with Crippen molar-refractivity contribution in [2.45, 2.75) is 6.92 Å². The smallest absolute Gasteiger partial charge is 0.312 e. The minimum Gasteiger partial charge on any atom is -0.350 e. The lowest BCUT2D eigenvalue weighted by atomic mass is 10.3. The molecule has 7 heteroatoms. The largest absolute Gasteiger partial charge is 0.350 e. The molecule has 0 aliphatic rings. The third-order valence-corrected chi connectivity index (χ3v) is 2.52. The molecule has 88 valence electrons. The molecule has 0 bridgehead atoms. The summed E-state index contributed by atoms with van der Waals surface area (Å²) in [5.41, 5.74) is 5.44. The minimum atomic E-state index is -0.438. The lowest BCUT2D eigenvalue weighted by molar-refractivity contribution is -0.384. The van der Waals surface area contributed by atoms with E-state index in [9.17, 15) is 10.1 Å². The number of likely N-dealkylation sites (N-methyl/N-ethyl adjacent to an activating group) is 1. The van der Waals surface area contributed by atoms with E-state index in [-0.39, 0.29) is 5.69 Å². The highest BCUT2D eigenvalue weighted by atomic mass is 79.9. The second kappa shape index (κ2) is 5.76. The van der Waals surface area contributed by atoms with E-state index in [1.54, 1.807) is 11.1 Å². The van der Waals surface area contributed by atoms with Crippen LogP contribution < -0.4 is 10.6 Å². The Bertz CT molecular complexity index is 386. The van der Waals surface area contributed by atoms with Gasteiger partial charge in [0.1, 0.15) is 0 Å². The van der Waals surface area contributed by atoms with E-state index < -0.39 is 4.92 Å². The van der Waals surface area contributed by atoms with E-state index in [4.69, 9.17) is 5.73 Å². The van der Waals surface area contributed by atoms with Crippen molar-refractivity contribution in [2.75, 3.05) is 24.5 Å². The van der Waals surface area contributed by atoms with Gasteiger partial charge in [-0.1, -0.05) is 0 Å². The van der Waals surface area contributed by atoms with Gasteiger partial charge in [-0.3, -0.25) is 10.1 Å². The summed E-state index contributed by atoms with van der Waals surface area (Å²) in [7, 11) is 0. The van der Waals surface area contributed by atoms with E-state index in [1.807, 2.05) is 6.92 Å². The van der Waals surface area contributed by atoms with Crippen LogP contribution in [-0.2, 0) is 0 Å². The molecule has 1 rings (SSSR count). The maximum Gasteiger partial charge on any atom is 0.312 e. The molecule has 2 N–H and O–H groups in total. The molecule has 0 radical (unpaired) electrons. The predicted molar refractivity (Wildman–Crippen MR) is 65.5 cm³/mol. The predicted octanol–water partition coefficient (Wildman–Crippen LogP) is 1.54. The molecule has 0 atom stereocenters.